The molecule has 26 heavy (non-hydrogen) atoms. The van der Waals surface area contributed by atoms with Crippen LogP contribution in [0, 0.1) is 0 Å². The van der Waals surface area contributed by atoms with Crippen molar-refractivity contribution in [3.05, 3.63) is 46.9 Å². The standard InChI is InChI=1S/C19H22N4O3/c1-5-12(2)23-17(24)9-6-13-11-20-19(22-18(13)23)21-14-7-8-15(25-3)16(10-14)26-4/h6-12H,5H2,1-4H3,(H,20,21,22). The molecular weight excluding hydrogens is 332 g/mol. The van der Waals surface area contributed by atoms with Crippen LogP contribution in [0.3, 0.4) is 0 Å². The quantitative estimate of drug-likeness (QED) is 0.730. The Morgan fingerprint density at radius 2 is 1.92 bits per heavy atom. The molecule has 1 N–H and O–H groups in total. The summed E-state index contributed by atoms with van der Waals surface area (Å²) in [5.41, 5.74) is 1.31. The first kappa shape index (κ1) is 17.7. The molecule has 0 bridgehead atoms. The van der Waals surface area contributed by atoms with Crippen molar-refractivity contribution in [1.82, 2.24) is 14.5 Å². The van der Waals surface area contributed by atoms with Gasteiger partial charge in [0.25, 0.3) is 5.56 Å². The molecule has 0 saturated carbocycles. The highest BCUT2D eigenvalue weighted by Gasteiger charge is 2.12. The second-order valence-corrected chi connectivity index (χ2v) is 5.97. The molecule has 0 fully saturated rings. The van der Waals surface area contributed by atoms with Gasteiger partial charge < -0.3 is 14.8 Å². The molecule has 3 rings (SSSR count). The summed E-state index contributed by atoms with van der Waals surface area (Å²) < 4.78 is 12.3. The van der Waals surface area contributed by atoms with Crippen LogP contribution in [0.2, 0.25) is 0 Å². The third kappa shape index (κ3) is 3.33. The Bertz CT molecular complexity index is 984. The summed E-state index contributed by atoms with van der Waals surface area (Å²) in [6, 6.07) is 8.81. The van der Waals surface area contributed by atoms with E-state index < -0.39 is 0 Å². The number of benzene rings is 1. The maximum Gasteiger partial charge on any atom is 0.252 e. The molecule has 0 spiro atoms. The Hall–Kier alpha value is -3.09. The summed E-state index contributed by atoms with van der Waals surface area (Å²) in [6.45, 7) is 4.05. The van der Waals surface area contributed by atoms with Crippen LogP contribution in [0.4, 0.5) is 11.6 Å². The molecule has 7 heteroatoms. The van der Waals surface area contributed by atoms with Gasteiger partial charge in [-0.25, -0.2) is 4.98 Å². The highest BCUT2D eigenvalue weighted by atomic mass is 16.5. The van der Waals surface area contributed by atoms with Crippen molar-refractivity contribution >= 4 is 22.7 Å². The molecule has 0 aliphatic carbocycles. The fourth-order valence-electron chi connectivity index (χ4n) is 2.75. The van der Waals surface area contributed by atoms with Gasteiger partial charge in [-0.15, -0.1) is 0 Å². The number of methoxy groups -OCH3 is 2. The number of aromatic nitrogens is 3. The van der Waals surface area contributed by atoms with E-state index in [1.165, 1.54) is 0 Å². The van der Waals surface area contributed by atoms with E-state index >= 15 is 0 Å². The van der Waals surface area contributed by atoms with E-state index in [4.69, 9.17) is 9.47 Å². The van der Waals surface area contributed by atoms with E-state index in [0.29, 0.717) is 23.1 Å². The van der Waals surface area contributed by atoms with Gasteiger partial charge in [0.05, 0.1) is 14.2 Å². The van der Waals surface area contributed by atoms with E-state index in [9.17, 15) is 4.79 Å². The first-order valence-electron chi connectivity index (χ1n) is 8.44. The maximum atomic E-state index is 12.3. The van der Waals surface area contributed by atoms with Gasteiger partial charge in [0.1, 0.15) is 5.65 Å². The Morgan fingerprint density at radius 3 is 2.62 bits per heavy atom. The minimum atomic E-state index is -0.0670. The second kappa shape index (κ2) is 7.43. The summed E-state index contributed by atoms with van der Waals surface area (Å²) in [4.78, 5) is 21.2. The first-order chi connectivity index (χ1) is 12.6. The topological polar surface area (TPSA) is 78.3 Å². The zero-order valence-corrected chi connectivity index (χ0v) is 15.3. The lowest BCUT2D eigenvalue weighted by Gasteiger charge is -2.16. The lowest BCUT2D eigenvalue weighted by Crippen LogP contribution is -2.23. The largest absolute Gasteiger partial charge is 0.493 e. The summed E-state index contributed by atoms with van der Waals surface area (Å²) >= 11 is 0. The number of pyridine rings is 1. The Kier molecular flexibility index (Phi) is 5.06. The van der Waals surface area contributed by atoms with Crippen molar-refractivity contribution in [2.24, 2.45) is 0 Å². The van der Waals surface area contributed by atoms with E-state index in [1.807, 2.05) is 19.9 Å². The lowest BCUT2D eigenvalue weighted by molar-refractivity contribution is 0.355. The van der Waals surface area contributed by atoms with Crippen LogP contribution in [0.5, 0.6) is 11.5 Å². The molecule has 2 heterocycles. The molecule has 2 aromatic heterocycles. The summed E-state index contributed by atoms with van der Waals surface area (Å²) in [5.74, 6) is 1.66. The molecule has 1 atom stereocenters. The number of fused-ring (bicyclic) bond motifs is 1. The first-order valence-corrected chi connectivity index (χ1v) is 8.44. The van der Waals surface area contributed by atoms with Crippen molar-refractivity contribution in [2.75, 3.05) is 19.5 Å². The molecular formula is C19H22N4O3. The summed E-state index contributed by atoms with van der Waals surface area (Å²) in [7, 11) is 3.17. The molecule has 0 amide bonds. The number of ether oxygens (including phenoxy) is 2. The van der Waals surface area contributed by atoms with Crippen LogP contribution in [-0.2, 0) is 0 Å². The summed E-state index contributed by atoms with van der Waals surface area (Å²) in [5, 5.41) is 3.97. The lowest BCUT2D eigenvalue weighted by atomic mass is 10.2. The number of rotatable bonds is 6. The highest BCUT2D eigenvalue weighted by Crippen LogP contribution is 2.30. The van der Waals surface area contributed by atoms with Crippen molar-refractivity contribution in [1.29, 1.82) is 0 Å². The van der Waals surface area contributed by atoms with Crippen molar-refractivity contribution in [3.8, 4) is 11.5 Å². The van der Waals surface area contributed by atoms with E-state index in [2.05, 4.69) is 15.3 Å². The van der Waals surface area contributed by atoms with Gasteiger partial charge in [-0.05, 0) is 31.5 Å². The fraction of sp³-hybridized carbons (Fsp3) is 0.316. The van der Waals surface area contributed by atoms with Gasteiger partial charge >= 0.3 is 0 Å². The van der Waals surface area contributed by atoms with Crippen LogP contribution in [0.1, 0.15) is 26.3 Å². The van der Waals surface area contributed by atoms with Crippen molar-refractivity contribution < 1.29 is 9.47 Å². The average molecular weight is 354 g/mol. The molecule has 7 nitrogen and oxygen atoms in total. The minimum absolute atomic E-state index is 0.0510. The molecule has 0 aliphatic heterocycles. The smallest absolute Gasteiger partial charge is 0.252 e. The normalized spacial score (nSPS) is 12.0. The number of hydrogen-bond donors (Lipinski definition) is 1. The Morgan fingerprint density at radius 1 is 1.15 bits per heavy atom. The molecule has 1 aromatic carbocycles. The summed E-state index contributed by atoms with van der Waals surface area (Å²) in [6.07, 6.45) is 2.55. The average Bonchev–Trinajstić information content (AvgIpc) is 2.67. The van der Waals surface area contributed by atoms with Crippen molar-refractivity contribution in [3.63, 3.8) is 0 Å². The minimum Gasteiger partial charge on any atom is -0.493 e. The van der Waals surface area contributed by atoms with Crippen LogP contribution in [0.25, 0.3) is 11.0 Å². The van der Waals surface area contributed by atoms with Gasteiger partial charge in [-0.1, -0.05) is 6.92 Å². The van der Waals surface area contributed by atoms with Gasteiger partial charge in [0.2, 0.25) is 5.95 Å². The van der Waals surface area contributed by atoms with Gasteiger partial charge in [-0.2, -0.15) is 4.98 Å². The fourth-order valence-corrected chi connectivity index (χ4v) is 2.75. The van der Waals surface area contributed by atoms with E-state index in [-0.39, 0.29) is 11.6 Å². The zero-order valence-electron chi connectivity index (χ0n) is 15.3. The van der Waals surface area contributed by atoms with Crippen molar-refractivity contribution in [2.45, 2.75) is 26.3 Å². The monoisotopic (exact) mass is 354 g/mol. The van der Waals surface area contributed by atoms with E-state index in [1.54, 1.807) is 49.2 Å². The predicted molar refractivity (Wildman–Crippen MR) is 102 cm³/mol. The zero-order chi connectivity index (χ0) is 18.7. The van der Waals surface area contributed by atoms with Crippen LogP contribution in [-0.4, -0.2) is 28.8 Å². The molecule has 3 aromatic rings. The second-order valence-electron chi connectivity index (χ2n) is 5.97. The number of anilines is 2. The maximum absolute atomic E-state index is 12.3. The number of nitrogens with one attached hydrogen (secondary N) is 1. The molecule has 1 unspecified atom stereocenters. The SMILES string of the molecule is CCC(C)n1c(=O)ccc2cnc(Nc3ccc(OC)c(OC)c3)nc21. The Balaban J connectivity index is 2.03. The van der Waals surface area contributed by atoms with Crippen LogP contribution in [0.15, 0.2) is 41.3 Å². The number of hydrogen-bond acceptors (Lipinski definition) is 6. The third-order valence-electron chi connectivity index (χ3n) is 4.34. The van der Waals surface area contributed by atoms with Gasteiger partial charge in [0, 0.05) is 35.4 Å². The molecule has 136 valence electrons. The number of nitrogens with zero attached hydrogens (tertiary/aromatic N) is 3. The highest BCUT2D eigenvalue weighted by molar-refractivity contribution is 5.76. The Labute approximate surface area is 151 Å². The molecule has 0 saturated heterocycles. The predicted octanol–water partition coefficient (Wildman–Crippen LogP) is 3.52. The molecule has 0 aliphatic rings. The van der Waals surface area contributed by atoms with E-state index in [0.717, 1.165) is 17.5 Å². The van der Waals surface area contributed by atoms with Crippen LogP contribution >= 0.6 is 0 Å². The van der Waals surface area contributed by atoms with Gasteiger partial charge in [0.15, 0.2) is 11.5 Å². The van der Waals surface area contributed by atoms with Crippen LogP contribution < -0.4 is 20.3 Å². The van der Waals surface area contributed by atoms with Gasteiger partial charge in [-0.3, -0.25) is 9.36 Å². The third-order valence-corrected chi connectivity index (χ3v) is 4.34. The molecule has 0 radical (unpaired) electrons.